The molecule has 0 fully saturated rings. The summed E-state index contributed by atoms with van der Waals surface area (Å²) in [6.45, 7) is 4.10. The molecule has 110 valence electrons. The van der Waals surface area contributed by atoms with Gasteiger partial charge >= 0.3 is 0 Å². The maximum Gasteiger partial charge on any atom is 0.227 e. The van der Waals surface area contributed by atoms with Gasteiger partial charge in [0.25, 0.3) is 0 Å². The summed E-state index contributed by atoms with van der Waals surface area (Å²) in [7, 11) is 0. The molecule has 0 saturated carbocycles. The summed E-state index contributed by atoms with van der Waals surface area (Å²) < 4.78 is 7.00. The minimum atomic E-state index is 0.626. The largest absolute Gasteiger partial charge is 0.436 e. The number of nitrogens with two attached hydrogens (primary N) is 1. The Balaban J connectivity index is 1.88. The zero-order valence-electron chi connectivity index (χ0n) is 12.2. The highest BCUT2D eigenvalue weighted by atomic mass is 32.1. The minimum absolute atomic E-state index is 0.626. The van der Waals surface area contributed by atoms with Gasteiger partial charge in [0.2, 0.25) is 5.89 Å². The van der Waals surface area contributed by atoms with E-state index in [-0.39, 0.29) is 0 Å². The molecule has 2 aromatic heterocycles. The van der Waals surface area contributed by atoms with Crippen LogP contribution in [0.25, 0.3) is 32.8 Å². The first-order valence-electron chi connectivity index (χ1n) is 6.89. The summed E-state index contributed by atoms with van der Waals surface area (Å²) in [5.74, 6) is 6.04. The Morgan fingerprint density at radius 2 is 1.95 bits per heavy atom. The molecule has 0 amide bonds. The summed E-state index contributed by atoms with van der Waals surface area (Å²) in [6.07, 6.45) is 0. The number of hydrazine groups is 1. The molecular weight excluding hydrogens is 296 g/mol. The van der Waals surface area contributed by atoms with Crippen LogP contribution in [-0.2, 0) is 0 Å². The van der Waals surface area contributed by atoms with Gasteiger partial charge in [-0.1, -0.05) is 17.4 Å². The van der Waals surface area contributed by atoms with Crippen molar-refractivity contribution in [2.24, 2.45) is 5.84 Å². The SMILES string of the molecule is Cc1cc(C)c2oc(-c3ccc4nc(NN)sc4c3)nc2c1. The van der Waals surface area contributed by atoms with Crippen LogP contribution in [0, 0.1) is 13.8 Å². The summed E-state index contributed by atoms with van der Waals surface area (Å²) >= 11 is 1.50. The predicted molar refractivity (Wildman–Crippen MR) is 89.9 cm³/mol. The van der Waals surface area contributed by atoms with E-state index in [2.05, 4.69) is 28.4 Å². The van der Waals surface area contributed by atoms with Gasteiger partial charge < -0.3 is 4.42 Å². The highest BCUT2D eigenvalue weighted by molar-refractivity contribution is 7.22. The van der Waals surface area contributed by atoms with Gasteiger partial charge in [0.1, 0.15) is 5.52 Å². The number of nitrogen functional groups attached to an aromatic ring is 1. The second kappa shape index (κ2) is 4.79. The number of aromatic nitrogens is 2. The Morgan fingerprint density at radius 1 is 1.09 bits per heavy atom. The lowest BCUT2D eigenvalue weighted by atomic mass is 10.1. The van der Waals surface area contributed by atoms with E-state index in [4.69, 9.17) is 10.3 Å². The van der Waals surface area contributed by atoms with E-state index in [1.807, 2.05) is 31.2 Å². The molecule has 2 aromatic carbocycles. The molecule has 0 unspecified atom stereocenters. The number of hydrogen-bond donors (Lipinski definition) is 2. The molecule has 3 N–H and O–H groups in total. The van der Waals surface area contributed by atoms with Crippen LogP contribution >= 0.6 is 11.3 Å². The van der Waals surface area contributed by atoms with Crippen LogP contribution in [0.4, 0.5) is 5.13 Å². The molecule has 0 spiro atoms. The molecular formula is C16H14N4OS. The quantitative estimate of drug-likeness (QED) is 0.432. The number of benzene rings is 2. The topological polar surface area (TPSA) is 77.0 Å². The number of nitrogens with zero attached hydrogens (tertiary/aromatic N) is 2. The number of thiazole rings is 1. The molecule has 0 aliphatic heterocycles. The van der Waals surface area contributed by atoms with E-state index < -0.39 is 0 Å². The lowest BCUT2D eigenvalue weighted by molar-refractivity contribution is 0.617. The minimum Gasteiger partial charge on any atom is -0.436 e. The van der Waals surface area contributed by atoms with E-state index in [1.165, 1.54) is 16.9 Å². The van der Waals surface area contributed by atoms with Crippen molar-refractivity contribution in [2.75, 3.05) is 5.43 Å². The first-order chi connectivity index (χ1) is 10.6. The van der Waals surface area contributed by atoms with Crippen molar-refractivity contribution < 1.29 is 4.42 Å². The third kappa shape index (κ3) is 2.04. The highest BCUT2D eigenvalue weighted by Gasteiger charge is 2.12. The predicted octanol–water partition coefficient (Wildman–Crippen LogP) is 4.01. The average molecular weight is 310 g/mol. The second-order valence-corrected chi connectivity index (χ2v) is 6.33. The van der Waals surface area contributed by atoms with Crippen molar-refractivity contribution in [2.45, 2.75) is 13.8 Å². The molecule has 5 nitrogen and oxygen atoms in total. The number of oxazole rings is 1. The summed E-state index contributed by atoms with van der Waals surface area (Å²) in [6, 6.07) is 10.1. The zero-order chi connectivity index (χ0) is 15.3. The smallest absolute Gasteiger partial charge is 0.227 e. The number of fused-ring (bicyclic) bond motifs is 2. The van der Waals surface area contributed by atoms with Gasteiger partial charge in [-0.3, -0.25) is 5.43 Å². The van der Waals surface area contributed by atoms with Gasteiger partial charge in [0, 0.05) is 5.56 Å². The van der Waals surface area contributed by atoms with Crippen LogP contribution in [0.1, 0.15) is 11.1 Å². The zero-order valence-corrected chi connectivity index (χ0v) is 13.0. The third-order valence-electron chi connectivity index (χ3n) is 3.58. The lowest BCUT2D eigenvalue weighted by Gasteiger charge is -1.95. The standard InChI is InChI=1S/C16H14N4OS/c1-8-5-9(2)14-12(6-8)18-15(21-14)10-3-4-11-13(7-10)22-16(19-11)20-17/h3-7H,17H2,1-2H3,(H,19,20). The molecule has 0 atom stereocenters. The number of hydrogen-bond acceptors (Lipinski definition) is 6. The van der Waals surface area contributed by atoms with E-state index in [1.54, 1.807) is 0 Å². The van der Waals surface area contributed by atoms with Gasteiger partial charge in [0.15, 0.2) is 10.7 Å². The van der Waals surface area contributed by atoms with Crippen LogP contribution in [0.5, 0.6) is 0 Å². The first-order valence-corrected chi connectivity index (χ1v) is 7.71. The summed E-state index contributed by atoms with van der Waals surface area (Å²) in [5, 5.41) is 0.691. The molecule has 6 heteroatoms. The van der Waals surface area contributed by atoms with Gasteiger partial charge in [-0.2, -0.15) is 0 Å². The number of nitrogens with one attached hydrogen (secondary N) is 1. The van der Waals surface area contributed by atoms with Crippen molar-refractivity contribution >= 4 is 37.8 Å². The Labute approximate surface area is 130 Å². The van der Waals surface area contributed by atoms with Gasteiger partial charge in [0.05, 0.1) is 10.2 Å². The molecule has 4 rings (SSSR count). The summed E-state index contributed by atoms with van der Waals surface area (Å²) in [5.41, 5.74) is 8.44. The summed E-state index contributed by atoms with van der Waals surface area (Å²) in [4.78, 5) is 8.98. The first kappa shape index (κ1) is 13.2. The molecule has 4 aromatic rings. The monoisotopic (exact) mass is 310 g/mol. The third-order valence-corrected chi connectivity index (χ3v) is 4.53. The van der Waals surface area contributed by atoms with E-state index >= 15 is 0 Å². The maximum atomic E-state index is 5.95. The second-order valence-electron chi connectivity index (χ2n) is 5.29. The fraction of sp³-hybridized carbons (Fsp3) is 0.125. The maximum absolute atomic E-state index is 5.95. The van der Waals surface area contributed by atoms with Crippen molar-refractivity contribution in [3.05, 3.63) is 41.5 Å². The Kier molecular flexibility index (Phi) is 2.88. The highest BCUT2D eigenvalue weighted by Crippen LogP contribution is 2.32. The van der Waals surface area contributed by atoms with Crippen LogP contribution in [-0.4, -0.2) is 9.97 Å². The van der Waals surface area contributed by atoms with Crippen molar-refractivity contribution in [1.29, 1.82) is 0 Å². The molecule has 0 aliphatic carbocycles. The molecule has 22 heavy (non-hydrogen) atoms. The van der Waals surface area contributed by atoms with Gasteiger partial charge in [-0.25, -0.2) is 15.8 Å². The number of rotatable bonds is 2. The molecule has 0 aliphatic rings. The normalized spacial score (nSPS) is 11.4. The fourth-order valence-electron chi connectivity index (χ4n) is 2.62. The molecule has 0 bridgehead atoms. The number of aryl methyl sites for hydroxylation is 2. The fourth-order valence-corrected chi connectivity index (χ4v) is 3.43. The van der Waals surface area contributed by atoms with Crippen molar-refractivity contribution in [3.8, 4) is 11.5 Å². The average Bonchev–Trinajstić information content (AvgIpc) is 3.09. The van der Waals surface area contributed by atoms with E-state index in [0.717, 1.165) is 32.4 Å². The van der Waals surface area contributed by atoms with Crippen LogP contribution < -0.4 is 11.3 Å². The lowest BCUT2D eigenvalue weighted by Crippen LogP contribution is -2.05. The van der Waals surface area contributed by atoms with E-state index in [9.17, 15) is 0 Å². The van der Waals surface area contributed by atoms with Crippen LogP contribution in [0.3, 0.4) is 0 Å². The Bertz CT molecular complexity index is 1000. The number of anilines is 1. The molecule has 2 heterocycles. The van der Waals surface area contributed by atoms with Gasteiger partial charge in [-0.05, 0) is 49.2 Å². The van der Waals surface area contributed by atoms with Crippen molar-refractivity contribution in [3.63, 3.8) is 0 Å². The van der Waals surface area contributed by atoms with Gasteiger partial charge in [-0.15, -0.1) is 0 Å². The molecule has 0 radical (unpaired) electrons. The molecule has 0 saturated heterocycles. The Morgan fingerprint density at radius 3 is 2.77 bits per heavy atom. The van der Waals surface area contributed by atoms with Crippen LogP contribution in [0.15, 0.2) is 34.7 Å². The van der Waals surface area contributed by atoms with Crippen molar-refractivity contribution in [1.82, 2.24) is 9.97 Å². The Hall–Kier alpha value is -2.44. The van der Waals surface area contributed by atoms with E-state index in [0.29, 0.717) is 11.0 Å². The van der Waals surface area contributed by atoms with Crippen LogP contribution in [0.2, 0.25) is 0 Å².